The molecule has 1 saturated heterocycles. The van der Waals surface area contributed by atoms with Crippen LogP contribution >= 0.6 is 0 Å². The Kier molecular flexibility index (Phi) is 6.15. The van der Waals surface area contributed by atoms with Gasteiger partial charge in [-0.05, 0) is 13.5 Å². The molecule has 3 nitrogen and oxygen atoms in total. The second kappa shape index (κ2) is 7.21. The minimum Gasteiger partial charge on any atom is -0.304 e. The predicted octanol–water partition coefficient (Wildman–Crippen LogP) is 1.32. The number of unbranched alkanes of at least 4 members (excludes halogenated alkanes) is 3. The van der Waals surface area contributed by atoms with Crippen molar-refractivity contribution in [2.75, 3.05) is 39.8 Å². The maximum Gasteiger partial charge on any atom is 0.0259 e. The molecule has 1 heterocycles. The van der Waals surface area contributed by atoms with Crippen molar-refractivity contribution in [3.63, 3.8) is 0 Å². The van der Waals surface area contributed by atoms with Crippen molar-refractivity contribution in [3.05, 3.63) is 0 Å². The van der Waals surface area contributed by atoms with Crippen molar-refractivity contribution in [1.29, 1.82) is 0 Å². The lowest BCUT2D eigenvalue weighted by atomic mass is 10.2. The van der Waals surface area contributed by atoms with E-state index in [1.807, 2.05) is 0 Å². The van der Waals surface area contributed by atoms with Crippen molar-refractivity contribution >= 4 is 0 Å². The summed E-state index contributed by atoms with van der Waals surface area (Å²) in [6, 6.07) is 0. The van der Waals surface area contributed by atoms with Gasteiger partial charge in [0, 0.05) is 32.7 Å². The first-order chi connectivity index (χ1) is 6.83. The van der Waals surface area contributed by atoms with Crippen LogP contribution in [0.3, 0.4) is 0 Å². The highest BCUT2D eigenvalue weighted by Gasteiger charge is 2.12. The van der Waals surface area contributed by atoms with Gasteiger partial charge in [0.05, 0.1) is 0 Å². The molecular formula is C11H25N3. The number of nitrogens with one attached hydrogen (secondary N) is 1. The molecule has 0 spiro atoms. The van der Waals surface area contributed by atoms with Gasteiger partial charge in [-0.25, -0.2) is 5.01 Å². The molecule has 0 bridgehead atoms. The zero-order chi connectivity index (χ0) is 10.2. The van der Waals surface area contributed by atoms with E-state index in [1.165, 1.54) is 51.9 Å². The average Bonchev–Trinajstić information content (AvgIpc) is 2.21. The normalized spacial score (nSPS) is 20.1. The Hall–Kier alpha value is -0.120. The minimum atomic E-state index is 1.16. The van der Waals surface area contributed by atoms with E-state index < -0.39 is 0 Å². The quantitative estimate of drug-likeness (QED) is 0.651. The summed E-state index contributed by atoms with van der Waals surface area (Å²) in [5.74, 6) is 0. The summed E-state index contributed by atoms with van der Waals surface area (Å²) in [7, 11) is 2.19. The van der Waals surface area contributed by atoms with Crippen LogP contribution in [0.2, 0.25) is 0 Å². The monoisotopic (exact) mass is 199 g/mol. The second-order valence-corrected chi connectivity index (χ2v) is 4.26. The molecule has 84 valence electrons. The van der Waals surface area contributed by atoms with E-state index in [-0.39, 0.29) is 0 Å². The third-order valence-corrected chi connectivity index (χ3v) is 2.87. The van der Waals surface area contributed by atoms with Crippen molar-refractivity contribution in [3.8, 4) is 0 Å². The Morgan fingerprint density at radius 3 is 2.36 bits per heavy atom. The SMILES string of the molecule is CCCCCCNN1CCN(C)CC1. The molecule has 0 aliphatic carbocycles. The van der Waals surface area contributed by atoms with Crippen molar-refractivity contribution in [2.45, 2.75) is 32.6 Å². The largest absolute Gasteiger partial charge is 0.304 e. The fourth-order valence-electron chi connectivity index (χ4n) is 1.75. The summed E-state index contributed by atoms with van der Waals surface area (Å²) in [5, 5.41) is 2.37. The third-order valence-electron chi connectivity index (χ3n) is 2.87. The van der Waals surface area contributed by atoms with Gasteiger partial charge in [0.2, 0.25) is 0 Å². The van der Waals surface area contributed by atoms with Gasteiger partial charge in [-0.15, -0.1) is 0 Å². The number of hydrogen-bond acceptors (Lipinski definition) is 3. The summed E-state index contributed by atoms with van der Waals surface area (Å²) < 4.78 is 0. The summed E-state index contributed by atoms with van der Waals surface area (Å²) in [6.45, 7) is 8.15. The van der Waals surface area contributed by atoms with Crippen LogP contribution in [0.4, 0.5) is 0 Å². The molecule has 1 aliphatic heterocycles. The van der Waals surface area contributed by atoms with Gasteiger partial charge in [-0.3, -0.25) is 5.43 Å². The summed E-state index contributed by atoms with van der Waals surface area (Å²) >= 11 is 0. The summed E-state index contributed by atoms with van der Waals surface area (Å²) in [4.78, 5) is 2.38. The van der Waals surface area contributed by atoms with Gasteiger partial charge in [0.1, 0.15) is 0 Å². The smallest absolute Gasteiger partial charge is 0.0259 e. The van der Waals surface area contributed by atoms with Crippen molar-refractivity contribution in [1.82, 2.24) is 15.3 Å². The molecule has 0 unspecified atom stereocenters. The molecule has 0 atom stereocenters. The third kappa shape index (κ3) is 4.94. The molecule has 1 aliphatic rings. The van der Waals surface area contributed by atoms with E-state index in [9.17, 15) is 0 Å². The molecule has 1 fully saturated rings. The molecular weight excluding hydrogens is 174 g/mol. The van der Waals surface area contributed by atoms with Gasteiger partial charge in [0.15, 0.2) is 0 Å². The van der Waals surface area contributed by atoms with Gasteiger partial charge >= 0.3 is 0 Å². The van der Waals surface area contributed by atoms with E-state index in [0.29, 0.717) is 0 Å². The fourth-order valence-corrected chi connectivity index (χ4v) is 1.75. The molecule has 0 aromatic carbocycles. The Balaban J connectivity index is 1.91. The van der Waals surface area contributed by atoms with Crippen LogP contribution in [0.15, 0.2) is 0 Å². The fraction of sp³-hybridized carbons (Fsp3) is 1.00. The molecule has 14 heavy (non-hydrogen) atoms. The van der Waals surface area contributed by atoms with Gasteiger partial charge in [-0.2, -0.15) is 0 Å². The predicted molar refractivity (Wildman–Crippen MR) is 61.2 cm³/mol. The van der Waals surface area contributed by atoms with E-state index in [4.69, 9.17) is 0 Å². The number of hydrazine groups is 1. The maximum absolute atomic E-state index is 3.51. The van der Waals surface area contributed by atoms with Crippen LogP contribution in [0.25, 0.3) is 0 Å². The molecule has 1 N–H and O–H groups in total. The molecule has 3 heteroatoms. The number of rotatable bonds is 6. The number of piperazine rings is 1. The molecule has 0 radical (unpaired) electrons. The summed E-state index contributed by atoms with van der Waals surface area (Å²) in [6.07, 6.45) is 5.40. The lowest BCUT2D eigenvalue weighted by Crippen LogP contribution is -2.50. The molecule has 0 aromatic rings. The molecule has 0 saturated carbocycles. The van der Waals surface area contributed by atoms with Crippen molar-refractivity contribution < 1.29 is 0 Å². The lowest BCUT2D eigenvalue weighted by molar-refractivity contribution is 0.104. The van der Waals surface area contributed by atoms with Crippen LogP contribution < -0.4 is 5.43 Å². The number of likely N-dealkylation sites (N-methyl/N-ethyl adjacent to an activating group) is 1. The number of hydrogen-bond donors (Lipinski definition) is 1. The topological polar surface area (TPSA) is 18.5 Å². The zero-order valence-corrected chi connectivity index (χ0v) is 9.76. The molecule has 0 amide bonds. The van der Waals surface area contributed by atoms with Gasteiger partial charge in [-0.1, -0.05) is 26.2 Å². The lowest BCUT2D eigenvalue weighted by Gasteiger charge is -2.32. The number of nitrogens with zero attached hydrogens (tertiary/aromatic N) is 2. The second-order valence-electron chi connectivity index (χ2n) is 4.26. The highest BCUT2D eigenvalue weighted by molar-refractivity contribution is 4.65. The first kappa shape index (κ1) is 12.0. The van der Waals surface area contributed by atoms with Crippen LogP contribution in [0.1, 0.15) is 32.6 Å². The average molecular weight is 199 g/mol. The zero-order valence-electron chi connectivity index (χ0n) is 9.76. The summed E-state index contributed by atoms with van der Waals surface area (Å²) in [5.41, 5.74) is 3.51. The Morgan fingerprint density at radius 1 is 1.00 bits per heavy atom. The standard InChI is InChI=1S/C11H25N3/c1-3-4-5-6-7-12-14-10-8-13(2)9-11-14/h12H,3-11H2,1-2H3. The van der Waals surface area contributed by atoms with Crippen LogP contribution in [-0.4, -0.2) is 49.7 Å². The molecule has 0 aromatic heterocycles. The molecule has 1 rings (SSSR count). The van der Waals surface area contributed by atoms with E-state index in [2.05, 4.69) is 29.3 Å². The maximum atomic E-state index is 3.51. The highest BCUT2D eigenvalue weighted by Crippen LogP contribution is 1.99. The van der Waals surface area contributed by atoms with Crippen LogP contribution in [0, 0.1) is 0 Å². The first-order valence-corrected chi connectivity index (χ1v) is 6.00. The van der Waals surface area contributed by atoms with E-state index >= 15 is 0 Å². The van der Waals surface area contributed by atoms with E-state index in [0.717, 1.165) is 6.54 Å². The Morgan fingerprint density at radius 2 is 1.71 bits per heavy atom. The first-order valence-electron chi connectivity index (χ1n) is 6.00. The van der Waals surface area contributed by atoms with Gasteiger partial charge in [0.25, 0.3) is 0 Å². The van der Waals surface area contributed by atoms with Crippen LogP contribution in [0.5, 0.6) is 0 Å². The highest BCUT2D eigenvalue weighted by atomic mass is 15.5. The van der Waals surface area contributed by atoms with Crippen LogP contribution in [-0.2, 0) is 0 Å². The van der Waals surface area contributed by atoms with Crippen molar-refractivity contribution in [2.24, 2.45) is 0 Å². The van der Waals surface area contributed by atoms with E-state index in [1.54, 1.807) is 0 Å². The minimum absolute atomic E-state index is 1.16. The Bertz CT molecular complexity index is 130. The van der Waals surface area contributed by atoms with Gasteiger partial charge < -0.3 is 4.90 Å². The Labute approximate surface area is 88.4 Å².